The molecule has 6 nitrogen and oxygen atoms in total. The number of carboxylic acids is 1. The van der Waals surface area contributed by atoms with Crippen molar-refractivity contribution in [2.24, 2.45) is 5.92 Å². The Morgan fingerprint density at radius 1 is 1.08 bits per heavy atom. The summed E-state index contributed by atoms with van der Waals surface area (Å²) in [4.78, 5) is 36.0. The molecule has 1 unspecified atom stereocenters. The number of hydrogen-bond donors (Lipinski definition) is 2. The first kappa shape index (κ1) is 20.5. The second-order valence-electron chi connectivity index (χ2n) is 7.08. The van der Waals surface area contributed by atoms with Crippen LogP contribution in [0.15, 0.2) is 0 Å². The van der Waals surface area contributed by atoms with Crippen LogP contribution in [0, 0.1) is 5.92 Å². The Hall–Kier alpha value is -1.59. The number of hydrogen-bond acceptors (Lipinski definition) is 3. The highest BCUT2D eigenvalue weighted by molar-refractivity contribution is 5.78. The van der Waals surface area contributed by atoms with Crippen LogP contribution in [0.25, 0.3) is 0 Å². The minimum Gasteiger partial charge on any atom is -0.481 e. The molecule has 6 heteroatoms. The Morgan fingerprint density at radius 3 is 2.33 bits per heavy atom. The van der Waals surface area contributed by atoms with Crippen LogP contribution in [0.4, 0.5) is 0 Å². The normalized spacial score (nSPS) is 16.4. The van der Waals surface area contributed by atoms with Crippen molar-refractivity contribution in [1.29, 1.82) is 0 Å². The van der Waals surface area contributed by atoms with Gasteiger partial charge in [-0.05, 0) is 25.2 Å². The van der Waals surface area contributed by atoms with Crippen molar-refractivity contribution in [2.45, 2.75) is 76.7 Å². The van der Waals surface area contributed by atoms with Gasteiger partial charge in [0.15, 0.2) is 0 Å². The fraction of sp³-hybridized carbons (Fsp3) is 0.833. The van der Waals surface area contributed by atoms with Gasteiger partial charge in [-0.25, -0.2) is 0 Å². The Labute approximate surface area is 145 Å². The van der Waals surface area contributed by atoms with Crippen LogP contribution in [0.3, 0.4) is 0 Å². The van der Waals surface area contributed by atoms with Gasteiger partial charge in [-0.3, -0.25) is 14.4 Å². The molecule has 1 aliphatic rings. The maximum atomic E-state index is 12.1. The fourth-order valence-corrected chi connectivity index (χ4v) is 3.30. The number of aliphatic carboxylic acids is 1. The average Bonchev–Trinajstić information content (AvgIpc) is 2.53. The summed E-state index contributed by atoms with van der Waals surface area (Å²) in [6.07, 6.45) is 8.74. The predicted molar refractivity (Wildman–Crippen MR) is 92.5 cm³/mol. The van der Waals surface area contributed by atoms with Gasteiger partial charge in [-0.1, -0.05) is 32.1 Å². The molecule has 1 aliphatic carbocycles. The maximum Gasteiger partial charge on any atom is 0.303 e. The molecule has 138 valence electrons. The van der Waals surface area contributed by atoms with E-state index in [-0.39, 0.29) is 24.3 Å². The minimum absolute atomic E-state index is 0.0208. The topological polar surface area (TPSA) is 86.7 Å². The van der Waals surface area contributed by atoms with Crippen molar-refractivity contribution in [1.82, 2.24) is 10.2 Å². The van der Waals surface area contributed by atoms with E-state index in [2.05, 4.69) is 5.32 Å². The van der Waals surface area contributed by atoms with Crippen molar-refractivity contribution in [3.8, 4) is 0 Å². The number of carbonyl (C=O) groups is 3. The maximum absolute atomic E-state index is 12.1. The Kier molecular flexibility index (Phi) is 9.42. The Balaban J connectivity index is 2.39. The monoisotopic (exact) mass is 340 g/mol. The minimum atomic E-state index is -0.825. The summed E-state index contributed by atoms with van der Waals surface area (Å²) in [5.41, 5.74) is 0. The quantitative estimate of drug-likeness (QED) is 0.640. The zero-order chi connectivity index (χ0) is 17.9. The predicted octanol–water partition coefficient (Wildman–Crippen LogP) is 2.56. The highest BCUT2D eigenvalue weighted by Crippen LogP contribution is 2.28. The zero-order valence-corrected chi connectivity index (χ0v) is 15.1. The second kappa shape index (κ2) is 11.0. The summed E-state index contributed by atoms with van der Waals surface area (Å²) in [5, 5.41) is 11.9. The van der Waals surface area contributed by atoms with E-state index in [0.29, 0.717) is 31.6 Å². The molecule has 0 saturated heterocycles. The van der Waals surface area contributed by atoms with Gasteiger partial charge in [0.1, 0.15) is 0 Å². The van der Waals surface area contributed by atoms with Gasteiger partial charge in [-0.2, -0.15) is 0 Å². The van der Waals surface area contributed by atoms with E-state index in [1.165, 1.54) is 37.0 Å². The molecule has 1 saturated carbocycles. The van der Waals surface area contributed by atoms with E-state index in [1.54, 1.807) is 14.1 Å². The van der Waals surface area contributed by atoms with Gasteiger partial charge in [0.05, 0.1) is 0 Å². The van der Waals surface area contributed by atoms with Gasteiger partial charge in [-0.15, -0.1) is 0 Å². The van der Waals surface area contributed by atoms with Gasteiger partial charge in [0.25, 0.3) is 0 Å². The lowest BCUT2D eigenvalue weighted by Gasteiger charge is -2.27. The molecule has 0 aromatic rings. The number of nitrogens with zero attached hydrogens (tertiary/aromatic N) is 1. The summed E-state index contributed by atoms with van der Waals surface area (Å²) in [7, 11) is 3.41. The van der Waals surface area contributed by atoms with Crippen LogP contribution >= 0.6 is 0 Å². The molecule has 0 heterocycles. The number of amides is 2. The molecule has 1 fully saturated rings. The Morgan fingerprint density at radius 2 is 1.75 bits per heavy atom. The van der Waals surface area contributed by atoms with Crippen LogP contribution in [0.1, 0.15) is 70.6 Å². The van der Waals surface area contributed by atoms with E-state index in [1.807, 2.05) is 0 Å². The van der Waals surface area contributed by atoms with Crippen LogP contribution in [-0.2, 0) is 14.4 Å². The molecule has 24 heavy (non-hydrogen) atoms. The molecule has 0 aromatic carbocycles. The van der Waals surface area contributed by atoms with Gasteiger partial charge in [0.2, 0.25) is 11.8 Å². The SMILES string of the molecule is CN(C)C(=O)CCCC(=O)NC(CCC(=O)O)CC1CCCCC1. The first-order chi connectivity index (χ1) is 11.4. The second-order valence-corrected chi connectivity index (χ2v) is 7.08. The molecule has 2 amide bonds. The number of carboxylic acid groups (broad SMARTS) is 1. The van der Waals surface area contributed by atoms with Gasteiger partial charge in [0, 0.05) is 39.4 Å². The summed E-state index contributed by atoms with van der Waals surface area (Å²) < 4.78 is 0. The standard InChI is InChI=1S/C18H32N2O4/c1-20(2)17(22)10-6-9-16(21)19-15(11-12-18(23)24)13-14-7-4-3-5-8-14/h14-15H,3-13H2,1-2H3,(H,19,21)(H,23,24). The van der Waals surface area contributed by atoms with Crippen LogP contribution < -0.4 is 5.32 Å². The summed E-state index contributed by atoms with van der Waals surface area (Å²) in [6, 6.07) is -0.0683. The highest BCUT2D eigenvalue weighted by atomic mass is 16.4. The molecule has 1 atom stereocenters. The molecule has 2 N–H and O–H groups in total. The number of carbonyl (C=O) groups excluding carboxylic acids is 2. The molecule has 1 rings (SSSR count). The van der Waals surface area contributed by atoms with E-state index in [0.717, 1.165) is 6.42 Å². The largest absolute Gasteiger partial charge is 0.481 e. The summed E-state index contributed by atoms with van der Waals surface area (Å²) >= 11 is 0. The van der Waals surface area contributed by atoms with Crippen molar-refractivity contribution >= 4 is 17.8 Å². The third-order valence-electron chi connectivity index (χ3n) is 4.71. The Bertz CT molecular complexity index is 417. The molecule has 0 bridgehead atoms. The van der Waals surface area contributed by atoms with E-state index >= 15 is 0 Å². The third-order valence-corrected chi connectivity index (χ3v) is 4.71. The van der Waals surface area contributed by atoms with Crippen molar-refractivity contribution in [2.75, 3.05) is 14.1 Å². The third kappa shape index (κ3) is 8.89. The van der Waals surface area contributed by atoms with E-state index in [4.69, 9.17) is 5.11 Å². The van der Waals surface area contributed by atoms with Crippen LogP contribution in [0.5, 0.6) is 0 Å². The van der Waals surface area contributed by atoms with Crippen LogP contribution in [-0.4, -0.2) is 47.9 Å². The number of nitrogens with one attached hydrogen (secondary N) is 1. The fourth-order valence-electron chi connectivity index (χ4n) is 3.30. The van der Waals surface area contributed by atoms with Crippen molar-refractivity contribution in [3.05, 3.63) is 0 Å². The smallest absolute Gasteiger partial charge is 0.303 e. The highest BCUT2D eigenvalue weighted by Gasteiger charge is 2.21. The lowest BCUT2D eigenvalue weighted by molar-refractivity contribution is -0.137. The lowest BCUT2D eigenvalue weighted by Crippen LogP contribution is -2.37. The van der Waals surface area contributed by atoms with Crippen LogP contribution in [0.2, 0.25) is 0 Å². The van der Waals surface area contributed by atoms with Crippen molar-refractivity contribution < 1.29 is 19.5 Å². The number of rotatable bonds is 10. The zero-order valence-electron chi connectivity index (χ0n) is 15.1. The summed E-state index contributed by atoms with van der Waals surface area (Å²) in [6.45, 7) is 0. The average molecular weight is 340 g/mol. The molecule has 0 radical (unpaired) electrons. The molecule has 0 aliphatic heterocycles. The van der Waals surface area contributed by atoms with E-state index < -0.39 is 5.97 Å². The summed E-state index contributed by atoms with van der Waals surface area (Å²) in [5.74, 6) is -0.289. The van der Waals surface area contributed by atoms with E-state index in [9.17, 15) is 14.4 Å². The molecular formula is C18H32N2O4. The molecular weight excluding hydrogens is 308 g/mol. The van der Waals surface area contributed by atoms with Gasteiger partial charge >= 0.3 is 5.97 Å². The first-order valence-corrected chi connectivity index (χ1v) is 9.09. The van der Waals surface area contributed by atoms with Crippen molar-refractivity contribution in [3.63, 3.8) is 0 Å². The first-order valence-electron chi connectivity index (χ1n) is 9.09. The lowest BCUT2D eigenvalue weighted by atomic mass is 9.84. The molecule has 0 aromatic heterocycles. The molecule has 0 spiro atoms. The van der Waals surface area contributed by atoms with Gasteiger partial charge < -0.3 is 15.3 Å².